The highest BCUT2D eigenvalue weighted by molar-refractivity contribution is 6.01. The van der Waals surface area contributed by atoms with Crippen molar-refractivity contribution in [1.82, 2.24) is 10.7 Å². The van der Waals surface area contributed by atoms with Gasteiger partial charge in [-0.1, -0.05) is 13.8 Å². The molecule has 25 heavy (non-hydrogen) atoms. The molecule has 1 aromatic rings. The standard InChI is InChI=1S/C17H24N4O3.ClH/c1-3-17(4-2,11-18)19-16(24)12-5-7-13(8-6-12)21-15(23)10-9-14(22)20-21;/h5-8H,3-4,9-11,18H2,1-2H3,(H,19,24)(H,20,22);1H. The lowest BCUT2D eigenvalue weighted by atomic mass is 9.92. The summed E-state index contributed by atoms with van der Waals surface area (Å²) in [6.45, 7) is 4.35. The van der Waals surface area contributed by atoms with Gasteiger partial charge in [0, 0.05) is 24.9 Å². The van der Waals surface area contributed by atoms with Crippen LogP contribution >= 0.6 is 12.4 Å². The second-order valence-corrected chi connectivity index (χ2v) is 5.96. The van der Waals surface area contributed by atoms with Crippen molar-refractivity contribution in [2.24, 2.45) is 5.73 Å². The minimum atomic E-state index is -0.410. The number of nitrogens with two attached hydrogens (primary N) is 1. The van der Waals surface area contributed by atoms with Crippen molar-refractivity contribution in [2.75, 3.05) is 11.6 Å². The molecular formula is C17H25ClN4O3. The highest BCUT2D eigenvalue weighted by Crippen LogP contribution is 2.19. The normalized spacial score (nSPS) is 14.6. The maximum Gasteiger partial charge on any atom is 0.251 e. The first-order valence-corrected chi connectivity index (χ1v) is 8.19. The number of hydrogen-bond acceptors (Lipinski definition) is 4. The summed E-state index contributed by atoms with van der Waals surface area (Å²) in [7, 11) is 0. The second kappa shape index (κ2) is 8.82. The van der Waals surface area contributed by atoms with E-state index in [4.69, 9.17) is 5.73 Å². The molecule has 0 spiro atoms. The molecule has 0 aliphatic carbocycles. The molecular weight excluding hydrogens is 344 g/mol. The fourth-order valence-electron chi connectivity index (χ4n) is 2.63. The molecule has 4 N–H and O–H groups in total. The molecule has 8 heteroatoms. The zero-order valence-electron chi connectivity index (χ0n) is 14.5. The summed E-state index contributed by atoms with van der Waals surface area (Å²) in [5.41, 5.74) is 8.93. The average molecular weight is 369 g/mol. The highest BCUT2D eigenvalue weighted by atomic mass is 35.5. The van der Waals surface area contributed by atoms with Crippen LogP contribution in [0.25, 0.3) is 0 Å². The second-order valence-electron chi connectivity index (χ2n) is 5.96. The Morgan fingerprint density at radius 1 is 1.20 bits per heavy atom. The van der Waals surface area contributed by atoms with Crippen LogP contribution in [0.3, 0.4) is 0 Å². The Balaban J connectivity index is 0.00000312. The number of amides is 3. The number of anilines is 1. The molecule has 3 amide bonds. The number of carbonyl (C=O) groups excluding carboxylic acids is 3. The SMILES string of the molecule is CCC(CC)(CN)NC(=O)c1ccc(N2NC(=O)CCC2=O)cc1.Cl. The van der Waals surface area contributed by atoms with E-state index in [-0.39, 0.29) is 43.0 Å². The van der Waals surface area contributed by atoms with Crippen molar-refractivity contribution in [3.63, 3.8) is 0 Å². The van der Waals surface area contributed by atoms with Crippen molar-refractivity contribution in [3.8, 4) is 0 Å². The van der Waals surface area contributed by atoms with E-state index in [1.165, 1.54) is 5.01 Å². The number of rotatable bonds is 6. The minimum Gasteiger partial charge on any atom is -0.345 e. The fraction of sp³-hybridized carbons (Fsp3) is 0.471. The molecule has 1 aliphatic heterocycles. The smallest absolute Gasteiger partial charge is 0.251 e. The molecule has 7 nitrogen and oxygen atoms in total. The first kappa shape index (κ1) is 20.9. The first-order valence-electron chi connectivity index (χ1n) is 8.19. The number of carbonyl (C=O) groups is 3. The highest BCUT2D eigenvalue weighted by Gasteiger charge is 2.27. The monoisotopic (exact) mass is 368 g/mol. The largest absolute Gasteiger partial charge is 0.345 e. The van der Waals surface area contributed by atoms with E-state index < -0.39 is 5.54 Å². The molecule has 1 aromatic carbocycles. The number of hydrogen-bond donors (Lipinski definition) is 3. The van der Waals surface area contributed by atoms with E-state index in [2.05, 4.69) is 10.7 Å². The van der Waals surface area contributed by atoms with Gasteiger partial charge in [0.1, 0.15) is 0 Å². The Morgan fingerprint density at radius 3 is 2.32 bits per heavy atom. The molecule has 0 bridgehead atoms. The van der Waals surface area contributed by atoms with Crippen LogP contribution in [-0.2, 0) is 9.59 Å². The van der Waals surface area contributed by atoms with Crippen LogP contribution in [0.1, 0.15) is 49.9 Å². The third-order valence-corrected chi connectivity index (χ3v) is 4.56. The molecule has 0 unspecified atom stereocenters. The molecule has 138 valence electrons. The number of nitrogens with one attached hydrogen (secondary N) is 2. The van der Waals surface area contributed by atoms with E-state index in [1.54, 1.807) is 24.3 Å². The van der Waals surface area contributed by atoms with Crippen LogP contribution in [-0.4, -0.2) is 29.8 Å². The summed E-state index contributed by atoms with van der Waals surface area (Å²) in [5.74, 6) is -0.578. The number of nitrogens with zero attached hydrogens (tertiary/aromatic N) is 1. The van der Waals surface area contributed by atoms with Gasteiger partial charge in [-0.25, -0.2) is 5.01 Å². The Hall–Kier alpha value is -2.12. The molecule has 1 aliphatic rings. The van der Waals surface area contributed by atoms with Crippen LogP contribution in [0.5, 0.6) is 0 Å². The van der Waals surface area contributed by atoms with Crippen molar-refractivity contribution in [1.29, 1.82) is 0 Å². The Bertz CT molecular complexity index is 621. The summed E-state index contributed by atoms with van der Waals surface area (Å²) in [5, 5.41) is 4.21. The van der Waals surface area contributed by atoms with Gasteiger partial charge >= 0.3 is 0 Å². The van der Waals surface area contributed by atoms with Crippen molar-refractivity contribution < 1.29 is 14.4 Å². The van der Waals surface area contributed by atoms with E-state index in [9.17, 15) is 14.4 Å². The van der Waals surface area contributed by atoms with Crippen molar-refractivity contribution in [2.45, 2.75) is 45.1 Å². The van der Waals surface area contributed by atoms with Crippen LogP contribution < -0.4 is 21.5 Å². The van der Waals surface area contributed by atoms with Crippen LogP contribution in [0.2, 0.25) is 0 Å². The third-order valence-electron chi connectivity index (χ3n) is 4.56. The van der Waals surface area contributed by atoms with Crippen molar-refractivity contribution in [3.05, 3.63) is 29.8 Å². The average Bonchev–Trinajstić information content (AvgIpc) is 2.62. The fourth-order valence-corrected chi connectivity index (χ4v) is 2.63. The van der Waals surface area contributed by atoms with E-state index >= 15 is 0 Å². The van der Waals surface area contributed by atoms with Gasteiger partial charge < -0.3 is 11.1 Å². The topological polar surface area (TPSA) is 105 Å². The summed E-state index contributed by atoms with van der Waals surface area (Å²) in [6.07, 6.45) is 1.88. The molecule has 1 fully saturated rings. The molecule has 2 rings (SSSR count). The molecule has 0 aromatic heterocycles. The molecule has 0 radical (unpaired) electrons. The van der Waals surface area contributed by atoms with Gasteiger partial charge in [0.05, 0.1) is 11.2 Å². The Morgan fingerprint density at radius 2 is 1.80 bits per heavy atom. The molecule has 0 saturated carbocycles. The maximum atomic E-state index is 12.4. The van der Waals surface area contributed by atoms with Gasteiger partial charge in [0.25, 0.3) is 5.91 Å². The maximum absolute atomic E-state index is 12.4. The van der Waals surface area contributed by atoms with Gasteiger partial charge in [0.15, 0.2) is 0 Å². The van der Waals surface area contributed by atoms with Gasteiger partial charge in [-0.15, -0.1) is 12.4 Å². The lowest BCUT2D eigenvalue weighted by molar-refractivity contribution is -0.130. The van der Waals surface area contributed by atoms with Crippen LogP contribution in [0, 0.1) is 0 Å². The van der Waals surface area contributed by atoms with Crippen LogP contribution in [0.15, 0.2) is 24.3 Å². The van der Waals surface area contributed by atoms with Gasteiger partial charge in [0.2, 0.25) is 11.8 Å². The van der Waals surface area contributed by atoms with Gasteiger partial charge in [-0.3, -0.25) is 19.8 Å². The predicted molar refractivity (Wildman–Crippen MR) is 98.4 cm³/mol. The summed E-state index contributed by atoms with van der Waals surface area (Å²) in [6, 6.07) is 6.54. The lowest BCUT2D eigenvalue weighted by Gasteiger charge is -2.31. The summed E-state index contributed by atoms with van der Waals surface area (Å²) < 4.78 is 0. The Kier molecular flexibility index (Phi) is 7.38. The Labute approximate surface area is 153 Å². The molecule has 1 heterocycles. The molecule has 1 saturated heterocycles. The van der Waals surface area contributed by atoms with Crippen molar-refractivity contribution >= 4 is 35.8 Å². The molecule has 0 atom stereocenters. The minimum absolute atomic E-state index is 0. The number of hydrazine groups is 1. The summed E-state index contributed by atoms with van der Waals surface area (Å²) in [4.78, 5) is 35.7. The van der Waals surface area contributed by atoms with Gasteiger partial charge in [-0.05, 0) is 37.1 Å². The first-order chi connectivity index (χ1) is 11.4. The zero-order chi connectivity index (χ0) is 17.7. The lowest BCUT2D eigenvalue weighted by Crippen LogP contribution is -2.53. The quantitative estimate of drug-likeness (QED) is 0.707. The predicted octanol–water partition coefficient (Wildman–Crippen LogP) is 1.51. The summed E-state index contributed by atoms with van der Waals surface area (Å²) >= 11 is 0. The number of halogens is 1. The van der Waals surface area contributed by atoms with Crippen LogP contribution in [0.4, 0.5) is 5.69 Å². The van der Waals surface area contributed by atoms with E-state index in [0.29, 0.717) is 17.8 Å². The van der Waals surface area contributed by atoms with E-state index in [1.807, 2.05) is 13.8 Å². The van der Waals surface area contributed by atoms with Gasteiger partial charge in [-0.2, -0.15) is 0 Å². The number of benzene rings is 1. The third kappa shape index (κ3) is 4.70. The van der Waals surface area contributed by atoms with E-state index in [0.717, 1.165) is 12.8 Å². The zero-order valence-corrected chi connectivity index (χ0v) is 15.3.